The summed E-state index contributed by atoms with van der Waals surface area (Å²) in [5.74, 6) is 0.372. The lowest BCUT2D eigenvalue weighted by Crippen LogP contribution is -2.21. The van der Waals surface area contributed by atoms with Gasteiger partial charge in [0.25, 0.3) is 10.0 Å². The van der Waals surface area contributed by atoms with Crippen molar-refractivity contribution in [3.63, 3.8) is 0 Å². The maximum absolute atomic E-state index is 11.2. The van der Waals surface area contributed by atoms with Crippen LogP contribution in [-0.2, 0) is 10.0 Å². The molecule has 0 fully saturated rings. The molecule has 1 atom stereocenters. The molecule has 0 heterocycles. The first-order chi connectivity index (χ1) is 6.51. The van der Waals surface area contributed by atoms with Crippen molar-refractivity contribution in [2.75, 3.05) is 0 Å². The van der Waals surface area contributed by atoms with Crippen LogP contribution in [-0.4, -0.2) is 13.7 Å². The molecule has 0 bridgehead atoms. The van der Waals surface area contributed by atoms with Crippen LogP contribution in [0.1, 0.15) is 46.5 Å². The SMILES string of the molecule is CCC(CC)CC(CC)S(=O)(=O)N=O. The Morgan fingerprint density at radius 1 is 1.07 bits per heavy atom. The molecular weight excluding hydrogens is 202 g/mol. The van der Waals surface area contributed by atoms with Crippen LogP contribution in [0.25, 0.3) is 0 Å². The monoisotopic (exact) mass is 221 g/mol. The zero-order valence-corrected chi connectivity index (χ0v) is 9.88. The van der Waals surface area contributed by atoms with Crippen LogP contribution in [0.2, 0.25) is 0 Å². The van der Waals surface area contributed by atoms with Crippen LogP contribution in [0.4, 0.5) is 0 Å². The fourth-order valence-electron chi connectivity index (χ4n) is 1.55. The van der Waals surface area contributed by atoms with Crippen molar-refractivity contribution < 1.29 is 8.42 Å². The van der Waals surface area contributed by atoms with Crippen molar-refractivity contribution in [3.05, 3.63) is 4.91 Å². The Labute approximate surface area is 86.1 Å². The van der Waals surface area contributed by atoms with E-state index in [4.69, 9.17) is 0 Å². The minimum Gasteiger partial charge on any atom is -0.201 e. The van der Waals surface area contributed by atoms with Gasteiger partial charge in [0.15, 0.2) is 0 Å². The molecule has 0 aromatic rings. The van der Waals surface area contributed by atoms with E-state index in [9.17, 15) is 13.3 Å². The van der Waals surface area contributed by atoms with Gasteiger partial charge < -0.3 is 0 Å². The first-order valence-electron chi connectivity index (χ1n) is 5.10. The lowest BCUT2D eigenvalue weighted by atomic mass is 9.97. The van der Waals surface area contributed by atoms with Crippen LogP contribution in [0.3, 0.4) is 0 Å². The maximum Gasteiger partial charge on any atom is 0.290 e. The van der Waals surface area contributed by atoms with Crippen LogP contribution in [0, 0.1) is 10.8 Å². The molecule has 0 N–H and O–H groups in total. The number of rotatable bonds is 7. The van der Waals surface area contributed by atoms with Gasteiger partial charge in [-0.1, -0.05) is 33.6 Å². The summed E-state index contributed by atoms with van der Waals surface area (Å²) in [4.78, 5) is 10.1. The van der Waals surface area contributed by atoms with E-state index in [1.807, 2.05) is 13.8 Å². The average molecular weight is 221 g/mol. The summed E-state index contributed by atoms with van der Waals surface area (Å²) in [6, 6.07) is 0. The molecule has 0 saturated heterocycles. The van der Waals surface area contributed by atoms with Crippen molar-refractivity contribution in [2.45, 2.75) is 51.7 Å². The summed E-state index contributed by atoms with van der Waals surface area (Å²) in [7, 11) is -3.76. The molecule has 0 saturated carbocycles. The first kappa shape index (κ1) is 13.5. The normalized spacial score (nSPS) is 14.3. The molecule has 0 aliphatic heterocycles. The van der Waals surface area contributed by atoms with Crippen molar-refractivity contribution in [3.8, 4) is 0 Å². The minimum atomic E-state index is -3.76. The minimum absolute atomic E-state index is 0.372. The van der Waals surface area contributed by atoms with Crippen molar-refractivity contribution in [1.82, 2.24) is 0 Å². The molecule has 0 aliphatic carbocycles. The van der Waals surface area contributed by atoms with Crippen molar-refractivity contribution in [2.24, 2.45) is 10.5 Å². The van der Waals surface area contributed by atoms with Gasteiger partial charge in [0.2, 0.25) is 0 Å². The molecule has 0 radical (unpaired) electrons. The second-order valence-corrected chi connectivity index (χ2v) is 5.38. The molecule has 1 unspecified atom stereocenters. The number of hydrogen-bond donors (Lipinski definition) is 0. The molecule has 0 spiro atoms. The van der Waals surface area contributed by atoms with E-state index in [-0.39, 0.29) is 0 Å². The Morgan fingerprint density at radius 3 is 1.86 bits per heavy atom. The van der Waals surface area contributed by atoms with Gasteiger partial charge in [-0.25, -0.2) is 8.42 Å². The van der Waals surface area contributed by atoms with Crippen LogP contribution in [0.5, 0.6) is 0 Å². The summed E-state index contributed by atoms with van der Waals surface area (Å²) in [6.45, 7) is 5.83. The second kappa shape index (κ2) is 6.11. The number of nitroso groups, excluding NO2 is 1. The molecule has 0 aromatic heterocycles. The fourth-order valence-corrected chi connectivity index (χ4v) is 2.61. The summed E-state index contributed by atoms with van der Waals surface area (Å²) < 4.78 is 24.7. The lowest BCUT2D eigenvalue weighted by molar-refractivity contribution is 0.433. The topological polar surface area (TPSA) is 63.6 Å². The van der Waals surface area contributed by atoms with E-state index in [0.29, 0.717) is 18.8 Å². The van der Waals surface area contributed by atoms with Crippen LogP contribution >= 0.6 is 0 Å². The third kappa shape index (κ3) is 3.74. The molecule has 4 nitrogen and oxygen atoms in total. The highest BCUT2D eigenvalue weighted by atomic mass is 32.2. The highest BCUT2D eigenvalue weighted by molar-refractivity contribution is 7.90. The standard InChI is InChI=1S/C9H19NO3S/c1-4-8(5-2)7-9(6-3)14(12,13)10-11/h8-9H,4-7H2,1-3H3. The van der Waals surface area contributed by atoms with Crippen LogP contribution in [0.15, 0.2) is 4.58 Å². The maximum atomic E-state index is 11.2. The summed E-state index contributed by atoms with van der Waals surface area (Å²) in [6.07, 6.45) is 2.91. The van der Waals surface area contributed by atoms with E-state index >= 15 is 0 Å². The van der Waals surface area contributed by atoms with Gasteiger partial charge in [-0.2, -0.15) is 0 Å². The summed E-state index contributed by atoms with van der Waals surface area (Å²) in [5.41, 5.74) is 0. The summed E-state index contributed by atoms with van der Waals surface area (Å²) >= 11 is 0. The molecule has 14 heavy (non-hydrogen) atoms. The lowest BCUT2D eigenvalue weighted by Gasteiger charge is -2.17. The first-order valence-corrected chi connectivity index (χ1v) is 6.60. The molecule has 0 amide bonds. The molecular formula is C9H19NO3S. The van der Waals surface area contributed by atoms with E-state index in [1.165, 1.54) is 0 Å². The van der Waals surface area contributed by atoms with Crippen LogP contribution < -0.4 is 0 Å². The highest BCUT2D eigenvalue weighted by Gasteiger charge is 2.26. The Kier molecular flexibility index (Phi) is 5.92. The smallest absolute Gasteiger partial charge is 0.201 e. The molecule has 0 rings (SSSR count). The Balaban J connectivity index is 4.51. The summed E-state index contributed by atoms with van der Waals surface area (Å²) in [5, 5.41) is -0.593. The Morgan fingerprint density at radius 2 is 1.57 bits per heavy atom. The van der Waals surface area contributed by atoms with Gasteiger partial charge in [-0.15, -0.1) is 4.91 Å². The largest absolute Gasteiger partial charge is 0.290 e. The highest BCUT2D eigenvalue weighted by Crippen LogP contribution is 2.22. The van der Waals surface area contributed by atoms with E-state index in [0.717, 1.165) is 12.8 Å². The third-order valence-corrected chi connectivity index (χ3v) is 4.31. The molecule has 84 valence electrons. The predicted molar refractivity (Wildman–Crippen MR) is 57.5 cm³/mol. The molecule has 0 aliphatic rings. The van der Waals surface area contributed by atoms with E-state index in [2.05, 4.69) is 4.58 Å². The Hall–Kier alpha value is -0.450. The number of sulfonamides is 1. The Bertz CT molecular complexity index is 257. The number of hydrogen-bond acceptors (Lipinski definition) is 3. The van der Waals surface area contributed by atoms with Crippen molar-refractivity contribution >= 4 is 10.0 Å². The number of nitrogens with zero attached hydrogens (tertiary/aromatic N) is 1. The van der Waals surface area contributed by atoms with Gasteiger partial charge in [0.05, 0.1) is 9.83 Å². The molecule has 5 heteroatoms. The van der Waals surface area contributed by atoms with Gasteiger partial charge in [0, 0.05) is 0 Å². The predicted octanol–water partition coefficient (Wildman–Crippen LogP) is 2.69. The third-order valence-electron chi connectivity index (χ3n) is 2.73. The van der Waals surface area contributed by atoms with Gasteiger partial charge in [-0.05, 0) is 18.8 Å². The zero-order valence-electron chi connectivity index (χ0n) is 9.06. The second-order valence-electron chi connectivity index (χ2n) is 3.54. The zero-order chi connectivity index (χ0) is 11.2. The van der Waals surface area contributed by atoms with Gasteiger partial charge in [0.1, 0.15) is 0 Å². The molecule has 0 aromatic carbocycles. The van der Waals surface area contributed by atoms with Gasteiger partial charge >= 0.3 is 0 Å². The van der Waals surface area contributed by atoms with Gasteiger partial charge in [-0.3, -0.25) is 0 Å². The van der Waals surface area contributed by atoms with Crippen molar-refractivity contribution in [1.29, 1.82) is 0 Å². The fraction of sp³-hybridized carbons (Fsp3) is 1.00. The van der Waals surface area contributed by atoms with E-state index < -0.39 is 15.3 Å². The quantitative estimate of drug-likeness (QED) is 0.621. The average Bonchev–Trinajstić information content (AvgIpc) is 2.19. The van der Waals surface area contributed by atoms with E-state index in [1.54, 1.807) is 6.92 Å².